The number of allylic oxidation sites excluding steroid dienone is 3. The summed E-state index contributed by atoms with van der Waals surface area (Å²) in [5, 5.41) is 0. The fraction of sp³-hybridized carbons (Fsp3) is 0.600. The normalized spacial score (nSPS) is 15.1. The molecule has 0 amide bonds. The van der Waals surface area contributed by atoms with E-state index in [2.05, 4.69) is 0 Å². The summed E-state index contributed by atoms with van der Waals surface area (Å²) >= 11 is 0. The summed E-state index contributed by atoms with van der Waals surface area (Å²) in [5.41, 5.74) is 0.990. The van der Waals surface area contributed by atoms with E-state index >= 15 is 0 Å². The van der Waals surface area contributed by atoms with Gasteiger partial charge in [0, 0.05) is 0 Å². The summed E-state index contributed by atoms with van der Waals surface area (Å²) in [6, 6.07) is 0. The summed E-state index contributed by atoms with van der Waals surface area (Å²) in [6.45, 7) is 6.81. The zero-order valence-electron chi connectivity index (χ0n) is 9.11. The Hall–Kier alpha value is -0.610. The molecule has 0 aliphatic carbocycles. The second-order valence-corrected chi connectivity index (χ2v) is 5.77. The SMILES string of the molecule is CC/C=C(C)\C=C/C(C)(C)S(=O)(=O)O. The van der Waals surface area contributed by atoms with Crippen LogP contribution in [0.25, 0.3) is 0 Å². The van der Waals surface area contributed by atoms with Crippen molar-refractivity contribution in [2.75, 3.05) is 0 Å². The molecule has 0 aromatic carbocycles. The zero-order valence-corrected chi connectivity index (χ0v) is 9.93. The van der Waals surface area contributed by atoms with Crippen LogP contribution in [0.1, 0.15) is 34.1 Å². The number of hydrogen-bond donors (Lipinski definition) is 1. The van der Waals surface area contributed by atoms with Crippen molar-refractivity contribution in [2.45, 2.75) is 38.9 Å². The van der Waals surface area contributed by atoms with Gasteiger partial charge in [0.25, 0.3) is 10.1 Å². The highest BCUT2D eigenvalue weighted by Crippen LogP contribution is 2.17. The second-order valence-electron chi connectivity index (χ2n) is 3.77. The Kier molecular flexibility index (Phi) is 4.55. The molecule has 0 saturated heterocycles. The van der Waals surface area contributed by atoms with Gasteiger partial charge >= 0.3 is 0 Å². The highest BCUT2D eigenvalue weighted by molar-refractivity contribution is 7.87. The third kappa shape index (κ3) is 4.07. The lowest BCUT2D eigenvalue weighted by Crippen LogP contribution is -2.28. The molecule has 0 saturated carbocycles. The summed E-state index contributed by atoms with van der Waals surface area (Å²) < 4.78 is 29.5. The van der Waals surface area contributed by atoms with Crippen LogP contribution < -0.4 is 0 Å². The lowest BCUT2D eigenvalue weighted by Gasteiger charge is -2.15. The van der Waals surface area contributed by atoms with Crippen molar-refractivity contribution in [1.29, 1.82) is 0 Å². The predicted molar refractivity (Wildman–Crippen MR) is 58.8 cm³/mol. The van der Waals surface area contributed by atoms with Crippen LogP contribution >= 0.6 is 0 Å². The standard InChI is InChI=1S/C10H18O3S/c1-5-6-9(2)7-8-10(3,4)14(11,12)13/h6-8H,5H2,1-4H3,(H,11,12,13)/b8-7-,9-6-. The van der Waals surface area contributed by atoms with E-state index in [0.29, 0.717) is 0 Å². The van der Waals surface area contributed by atoms with Crippen molar-refractivity contribution in [3.8, 4) is 0 Å². The van der Waals surface area contributed by atoms with Gasteiger partial charge in [-0.2, -0.15) is 8.42 Å². The third-order valence-electron chi connectivity index (χ3n) is 1.94. The molecule has 0 rings (SSSR count). The molecule has 1 N–H and O–H groups in total. The molecule has 0 aromatic rings. The molecule has 3 nitrogen and oxygen atoms in total. The molecule has 14 heavy (non-hydrogen) atoms. The number of rotatable bonds is 4. The summed E-state index contributed by atoms with van der Waals surface area (Å²) in [7, 11) is -4.03. The molecule has 0 aromatic heterocycles. The van der Waals surface area contributed by atoms with E-state index in [4.69, 9.17) is 4.55 Å². The maximum Gasteiger partial charge on any atom is 0.273 e. The minimum Gasteiger partial charge on any atom is -0.285 e. The van der Waals surface area contributed by atoms with Gasteiger partial charge in [-0.3, -0.25) is 4.55 Å². The second kappa shape index (κ2) is 4.75. The monoisotopic (exact) mass is 218 g/mol. The van der Waals surface area contributed by atoms with E-state index in [1.807, 2.05) is 19.9 Å². The van der Waals surface area contributed by atoms with Gasteiger partial charge in [-0.1, -0.05) is 30.7 Å². The van der Waals surface area contributed by atoms with E-state index in [-0.39, 0.29) is 0 Å². The first kappa shape index (κ1) is 13.4. The van der Waals surface area contributed by atoms with Gasteiger partial charge in [-0.15, -0.1) is 0 Å². The Morgan fingerprint density at radius 2 is 1.93 bits per heavy atom. The van der Waals surface area contributed by atoms with Crippen LogP contribution in [0.3, 0.4) is 0 Å². The quantitative estimate of drug-likeness (QED) is 0.583. The fourth-order valence-corrected chi connectivity index (χ4v) is 1.05. The molecule has 0 radical (unpaired) electrons. The van der Waals surface area contributed by atoms with Crippen LogP contribution in [0, 0.1) is 0 Å². The van der Waals surface area contributed by atoms with Gasteiger partial charge in [0.2, 0.25) is 0 Å². The average Bonchev–Trinajstić information content (AvgIpc) is 1.99. The average molecular weight is 218 g/mol. The molecule has 0 spiro atoms. The highest BCUT2D eigenvalue weighted by atomic mass is 32.2. The van der Waals surface area contributed by atoms with Crippen LogP contribution in [-0.2, 0) is 10.1 Å². The smallest absolute Gasteiger partial charge is 0.273 e. The molecular weight excluding hydrogens is 200 g/mol. The first-order valence-electron chi connectivity index (χ1n) is 4.53. The van der Waals surface area contributed by atoms with Crippen molar-refractivity contribution < 1.29 is 13.0 Å². The maximum atomic E-state index is 10.9. The minimum absolute atomic E-state index is 0.905. The topological polar surface area (TPSA) is 54.4 Å². The predicted octanol–water partition coefficient (Wildman–Crippen LogP) is 2.57. The Morgan fingerprint density at radius 3 is 2.29 bits per heavy atom. The highest BCUT2D eigenvalue weighted by Gasteiger charge is 2.29. The van der Waals surface area contributed by atoms with Crippen LogP contribution in [0.15, 0.2) is 23.8 Å². The van der Waals surface area contributed by atoms with Crippen molar-refractivity contribution in [3.63, 3.8) is 0 Å². The lowest BCUT2D eigenvalue weighted by atomic mass is 10.1. The Balaban J connectivity index is 4.77. The molecule has 4 heteroatoms. The van der Waals surface area contributed by atoms with Gasteiger partial charge in [0.05, 0.1) is 0 Å². The van der Waals surface area contributed by atoms with Crippen LogP contribution in [-0.4, -0.2) is 17.7 Å². The molecule has 0 aliphatic rings. The van der Waals surface area contributed by atoms with E-state index < -0.39 is 14.9 Å². The molecule has 0 heterocycles. The van der Waals surface area contributed by atoms with Gasteiger partial charge in [-0.05, 0) is 27.2 Å². The van der Waals surface area contributed by atoms with Crippen LogP contribution in [0.5, 0.6) is 0 Å². The summed E-state index contributed by atoms with van der Waals surface area (Å²) in [4.78, 5) is 0. The Labute approximate surface area is 86.3 Å². The van der Waals surface area contributed by atoms with E-state index in [1.54, 1.807) is 6.08 Å². The van der Waals surface area contributed by atoms with Gasteiger partial charge in [0.1, 0.15) is 4.75 Å². The van der Waals surface area contributed by atoms with Crippen molar-refractivity contribution in [1.82, 2.24) is 0 Å². The lowest BCUT2D eigenvalue weighted by molar-refractivity contribution is 0.459. The van der Waals surface area contributed by atoms with Crippen molar-refractivity contribution >= 4 is 10.1 Å². The Morgan fingerprint density at radius 1 is 1.43 bits per heavy atom. The van der Waals surface area contributed by atoms with Gasteiger partial charge < -0.3 is 0 Å². The van der Waals surface area contributed by atoms with Crippen molar-refractivity contribution in [2.24, 2.45) is 0 Å². The fourth-order valence-electron chi connectivity index (χ4n) is 0.808. The summed E-state index contributed by atoms with van der Waals surface area (Å²) in [5.74, 6) is 0. The summed E-state index contributed by atoms with van der Waals surface area (Å²) in [6.07, 6.45) is 6.08. The molecule has 0 bridgehead atoms. The van der Waals surface area contributed by atoms with Crippen LogP contribution in [0.2, 0.25) is 0 Å². The molecular formula is C10H18O3S. The molecule has 0 atom stereocenters. The van der Waals surface area contributed by atoms with Gasteiger partial charge in [0.15, 0.2) is 0 Å². The third-order valence-corrected chi connectivity index (χ3v) is 3.40. The first-order chi connectivity index (χ1) is 6.20. The van der Waals surface area contributed by atoms with E-state index in [0.717, 1.165) is 12.0 Å². The zero-order chi connectivity index (χ0) is 11.4. The largest absolute Gasteiger partial charge is 0.285 e. The number of hydrogen-bond acceptors (Lipinski definition) is 2. The minimum atomic E-state index is -4.03. The first-order valence-corrected chi connectivity index (χ1v) is 5.97. The van der Waals surface area contributed by atoms with Crippen LogP contribution in [0.4, 0.5) is 0 Å². The molecule has 82 valence electrons. The van der Waals surface area contributed by atoms with Gasteiger partial charge in [-0.25, -0.2) is 0 Å². The van der Waals surface area contributed by atoms with E-state index in [1.165, 1.54) is 19.9 Å². The molecule has 0 unspecified atom stereocenters. The van der Waals surface area contributed by atoms with E-state index in [9.17, 15) is 8.42 Å². The maximum absolute atomic E-state index is 10.9. The molecule has 0 aliphatic heterocycles. The Bertz CT molecular complexity index is 334. The van der Waals surface area contributed by atoms with Crippen molar-refractivity contribution in [3.05, 3.63) is 23.8 Å². The molecule has 0 fully saturated rings.